The molecule has 2 fully saturated rings. The van der Waals surface area contributed by atoms with Crippen LogP contribution in [0.1, 0.15) is 12.8 Å². The minimum Gasteiger partial charge on any atom is -0.494 e. The van der Waals surface area contributed by atoms with Crippen molar-refractivity contribution in [1.82, 2.24) is 9.88 Å². The Balaban J connectivity index is 1.58. The molecular formula is C19H26N4O4S. The summed E-state index contributed by atoms with van der Waals surface area (Å²) < 4.78 is 17.4. The van der Waals surface area contributed by atoms with Gasteiger partial charge in [-0.1, -0.05) is 11.3 Å². The SMILES string of the molecule is COc1ccc(N2CCOCC2)c2sc(NC(=O)N(C)C3CCOCC3)nc12. The Labute approximate surface area is 168 Å². The topological polar surface area (TPSA) is 76.2 Å². The van der Waals surface area contributed by atoms with Crippen molar-refractivity contribution in [2.45, 2.75) is 18.9 Å². The molecule has 9 heteroatoms. The predicted molar refractivity (Wildman–Crippen MR) is 110 cm³/mol. The quantitative estimate of drug-likeness (QED) is 0.842. The second kappa shape index (κ2) is 8.50. The van der Waals surface area contributed by atoms with Crippen LogP contribution in [-0.4, -0.2) is 75.6 Å². The van der Waals surface area contributed by atoms with Gasteiger partial charge in [-0.2, -0.15) is 0 Å². The van der Waals surface area contributed by atoms with E-state index in [9.17, 15) is 4.79 Å². The largest absolute Gasteiger partial charge is 0.494 e. The fourth-order valence-corrected chi connectivity index (χ4v) is 4.67. The molecule has 2 amide bonds. The van der Waals surface area contributed by atoms with Gasteiger partial charge in [-0.05, 0) is 25.0 Å². The van der Waals surface area contributed by atoms with E-state index in [0.29, 0.717) is 37.3 Å². The van der Waals surface area contributed by atoms with E-state index in [0.717, 1.165) is 41.8 Å². The smallest absolute Gasteiger partial charge is 0.323 e. The van der Waals surface area contributed by atoms with Crippen molar-refractivity contribution >= 4 is 38.4 Å². The molecule has 1 aromatic heterocycles. The molecule has 2 aromatic rings. The van der Waals surface area contributed by atoms with Gasteiger partial charge < -0.3 is 24.0 Å². The molecule has 1 aromatic carbocycles. The van der Waals surface area contributed by atoms with Crippen molar-refractivity contribution in [3.05, 3.63) is 12.1 Å². The fraction of sp³-hybridized carbons (Fsp3) is 0.579. The van der Waals surface area contributed by atoms with Crippen LogP contribution in [0.5, 0.6) is 5.75 Å². The third-order valence-corrected chi connectivity index (χ3v) is 6.32. The lowest BCUT2D eigenvalue weighted by atomic mass is 10.1. The van der Waals surface area contributed by atoms with E-state index in [1.54, 1.807) is 12.0 Å². The van der Waals surface area contributed by atoms with Crippen molar-refractivity contribution in [2.24, 2.45) is 0 Å². The Morgan fingerprint density at radius 3 is 2.68 bits per heavy atom. The third kappa shape index (κ3) is 3.87. The second-order valence-electron chi connectivity index (χ2n) is 6.97. The van der Waals surface area contributed by atoms with E-state index < -0.39 is 0 Å². The number of thiazole rings is 1. The molecule has 3 heterocycles. The van der Waals surface area contributed by atoms with Gasteiger partial charge in [0.2, 0.25) is 0 Å². The molecule has 0 spiro atoms. The minimum absolute atomic E-state index is 0.141. The van der Waals surface area contributed by atoms with Crippen LogP contribution in [-0.2, 0) is 9.47 Å². The van der Waals surface area contributed by atoms with Crippen LogP contribution in [0.2, 0.25) is 0 Å². The lowest BCUT2D eigenvalue weighted by Crippen LogP contribution is -2.42. The molecule has 0 atom stereocenters. The number of amides is 2. The first-order valence-corrected chi connectivity index (χ1v) is 10.4. The number of anilines is 2. The first-order chi connectivity index (χ1) is 13.7. The molecule has 8 nitrogen and oxygen atoms in total. The Bertz CT molecular complexity index is 831. The van der Waals surface area contributed by atoms with Gasteiger partial charge >= 0.3 is 6.03 Å². The number of hydrogen-bond donors (Lipinski definition) is 1. The first kappa shape index (κ1) is 19.2. The summed E-state index contributed by atoms with van der Waals surface area (Å²) in [6.45, 7) is 4.51. The van der Waals surface area contributed by atoms with E-state index in [4.69, 9.17) is 14.2 Å². The molecule has 2 aliphatic heterocycles. The number of benzene rings is 1. The Hall–Kier alpha value is -2.10. The molecule has 0 radical (unpaired) electrons. The lowest BCUT2D eigenvalue weighted by Gasteiger charge is -2.30. The van der Waals surface area contributed by atoms with Crippen molar-refractivity contribution in [1.29, 1.82) is 0 Å². The number of fused-ring (bicyclic) bond motifs is 1. The molecular weight excluding hydrogens is 380 g/mol. The van der Waals surface area contributed by atoms with Gasteiger partial charge in [0.1, 0.15) is 11.3 Å². The molecule has 28 heavy (non-hydrogen) atoms. The number of morpholine rings is 1. The van der Waals surface area contributed by atoms with Gasteiger partial charge in [-0.25, -0.2) is 9.78 Å². The maximum Gasteiger partial charge on any atom is 0.323 e. The molecule has 0 aliphatic carbocycles. The lowest BCUT2D eigenvalue weighted by molar-refractivity contribution is 0.0544. The Morgan fingerprint density at radius 1 is 1.25 bits per heavy atom. The summed E-state index contributed by atoms with van der Waals surface area (Å²) in [5.74, 6) is 0.710. The van der Waals surface area contributed by atoms with Gasteiger partial charge in [0.25, 0.3) is 0 Å². The van der Waals surface area contributed by atoms with Gasteiger partial charge in [0.15, 0.2) is 5.13 Å². The molecule has 2 aliphatic rings. The van der Waals surface area contributed by atoms with Gasteiger partial charge in [0.05, 0.1) is 30.7 Å². The van der Waals surface area contributed by atoms with E-state index >= 15 is 0 Å². The number of carbonyl (C=O) groups excluding carboxylic acids is 1. The van der Waals surface area contributed by atoms with E-state index in [1.807, 2.05) is 13.1 Å². The van der Waals surface area contributed by atoms with Gasteiger partial charge in [-0.3, -0.25) is 5.32 Å². The Kier molecular flexibility index (Phi) is 5.84. The maximum absolute atomic E-state index is 12.7. The highest BCUT2D eigenvalue weighted by Crippen LogP contribution is 2.39. The summed E-state index contributed by atoms with van der Waals surface area (Å²) in [6, 6.07) is 4.05. The van der Waals surface area contributed by atoms with Crippen molar-refractivity contribution in [2.75, 3.05) is 63.9 Å². The van der Waals surface area contributed by atoms with Crippen LogP contribution in [0, 0.1) is 0 Å². The average Bonchev–Trinajstić information content (AvgIpc) is 3.17. The normalized spacial score (nSPS) is 18.3. The fourth-order valence-electron chi connectivity index (χ4n) is 3.66. The second-order valence-corrected chi connectivity index (χ2v) is 7.97. The molecule has 0 saturated carbocycles. The molecule has 1 N–H and O–H groups in total. The number of aromatic nitrogens is 1. The van der Waals surface area contributed by atoms with E-state index in [2.05, 4.69) is 21.3 Å². The summed E-state index contributed by atoms with van der Waals surface area (Å²) in [4.78, 5) is 21.4. The van der Waals surface area contributed by atoms with E-state index in [1.165, 1.54) is 11.3 Å². The number of nitrogens with zero attached hydrogens (tertiary/aromatic N) is 3. The molecule has 2 saturated heterocycles. The number of methoxy groups -OCH3 is 1. The minimum atomic E-state index is -0.141. The standard InChI is InChI=1S/C19H26N4O4S/c1-22(13-5-9-26-10-6-13)19(24)21-18-20-16-15(25-2)4-3-14(17(16)28-18)23-7-11-27-12-8-23/h3-4,13H,5-12H2,1-2H3,(H,20,21,24). The number of ether oxygens (including phenoxy) is 3. The highest BCUT2D eigenvalue weighted by atomic mass is 32.1. The highest BCUT2D eigenvalue weighted by Gasteiger charge is 2.24. The average molecular weight is 407 g/mol. The van der Waals surface area contributed by atoms with Crippen molar-refractivity contribution in [3.8, 4) is 5.75 Å². The van der Waals surface area contributed by atoms with Crippen LogP contribution >= 0.6 is 11.3 Å². The zero-order valence-corrected chi connectivity index (χ0v) is 17.1. The highest BCUT2D eigenvalue weighted by molar-refractivity contribution is 7.23. The van der Waals surface area contributed by atoms with E-state index in [-0.39, 0.29) is 12.1 Å². The number of urea groups is 1. The van der Waals surface area contributed by atoms with Crippen LogP contribution in [0.15, 0.2) is 12.1 Å². The van der Waals surface area contributed by atoms with Crippen molar-refractivity contribution in [3.63, 3.8) is 0 Å². The van der Waals surface area contributed by atoms with Crippen LogP contribution in [0.4, 0.5) is 15.6 Å². The number of nitrogens with one attached hydrogen (secondary N) is 1. The van der Waals surface area contributed by atoms with Crippen LogP contribution < -0.4 is 15.0 Å². The summed E-state index contributed by atoms with van der Waals surface area (Å²) in [6.07, 6.45) is 1.72. The van der Waals surface area contributed by atoms with Gasteiger partial charge in [0, 0.05) is 39.4 Å². The maximum atomic E-state index is 12.7. The molecule has 0 unspecified atom stereocenters. The van der Waals surface area contributed by atoms with Crippen LogP contribution in [0.25, 0.3) is 10.2 Å². The monoisotopic (exact) mass is 406 g/mol. The molecule has 4 rings (SSSR count). The Morgan fingerprint density at radius 2 is 1.96 bits per heavy atom. The zero-order chi connectivity index (χ0) is 19.5. The van der Waals surface area contributed by atoms with Gasteiger partial charge in [-0.15, -0.1) is 0 Å². The summed E-state index contributed by atoms with van der Waals surface area (Å²) in [5, 5.41) is 3.55. The number of hydrogen-bond acceptors (Lipinski definition) is 7. The number of carbonyl (C=O) groups is 1. The number of rotatable bonds is 4. The zero-order valence-electron chi connectivity index (χ0n) is 16.3. The first-order valence-electron chi connectivity index (χ1n) is 9.59. The third-order valence-electron chi connectivity index (χ3n) is 5.33. The molecule has 0 bridgehead atoms. The summed E-state index contributed by atoms with van der Waals surface area (Å²) in [5.41, 5.74) is 1.88. The van der Waals surface area contributed by atoms with Crippen LogP contribution in [0.3, 0.4) is 0 Å². The summed E-state index contributed by atoms with van der Waals surface area (Å²) in [7, 11) is 3.47. The van der Waals surface area contributed by atoms with Crippen molar-refractivity contribution < 1.29 is 19.0 Å². The molecule has 152 valence electrons. The summed E-state index contributed by atoms with van der Waals surface area (Å²) >= 11 is 1.48. The predicted octanol–water partition coefficient (Wildman–Crippen LogP) is 2.78.